The molecule has 0 aliphatic carbocycles. The second-order valence-corrected chi connectivity index (χ2v) is 11.1. The molecule has 1 heterocycles. The number of ketones is 1. The van der Waals surface area contributed by atoms with E-state index in [0.29, 0.717) is 29.7 Å². The number of benzene rings is 2. The van der Waals surface area contributed by atoms with Crippen LogP contribution in [0.3, 0.4) is 0 Å². The van der Waals surface area contributed by atoms with Crippen LogP contribution in [0, 0.1) is 13.8 Å². The van der Waals surface area contributed by atoms with E-state index in [0.717, 1.165) is 25.9 Å². The first-order chi connectivity index (χ1) is 15.6. The Morgan fingerprint density at radius 1 is 1.03 bits per heavy atom. The van der Waals surface area contributed by atoms with Crippen LogP contribution in [0.2, 0.25) is 0 Å². The van der Waals surface area contributed by atoms with E-state index in [9.17, 15) is 13.2 Å². The topological polar surface area (TPSA) is 66.9 Å². The predicted octanol–water partition coefficient (Wildman–Crippen LogP) is 3.55. The number of Topliss-reactive ketones (excluding diaryl/α,β-unsaturated/α-hetero) is 1. The number of nitrogens with zero attached hydrogens (tertiary/aromatic N) is 2. The second kappa shape index (κ2) is 10.8. The van der Waals surface area contributed by atoms with Crippen molar-refractivity contribution in [3.05, 3.63) is 58.1 Å². The molecule has 33 heavy (non-hydrogen) atoms. The predicted molar refractivity (Wildman–Crippen MR) is 132 cm³/mol. The Balaban J connectivity index is 1.57. The molecule has 0 atom stereocenters. The molecule has 0 N–H and O–H groups in total. The normalized spacial score (nSPS) is 14.7. The summed E-state index contributed by atoms with van der Waals surface area (Å²) < 4.78 is 32.8. The first kappa shape index (κ1) is 25.4. The molecule has 0 saturated carbocycles. The maximum absolute atomic E-state index is 13.1. The van der Waals surface area contributed by atoms with Crippen LogP contribution >= 0.6 is 0 Å². The standard InChI is InChI=1S/C26H36N2O4S/c1-19-16-25(32-5)17-20(2)26(19)33(30,31)28(4)15-12-24(29)9-7-21-6-8-22-10-13-27(3)14-11-23(22)18-21/h6,8,16-18H,7,9-15H2,1-5H3. The van der Waals surface area contributed by atoms with Gasteiger partial charge in [-0.1, -0.05) is 18.2 Å². The van der Waals surface area contributed by atoms with Gasteiger partial charge in [-0.3, -0.25) is 4.79 Å². The molecule has 0 saturated heterocycles. The maximum atomic E-state index is 13.1. The minimum absolute atomic E-state index is 0.0786. The van der Waals surface area contributed by atoms with Gasteiger partial charge in [0.15, 0.2) is 0 Å². The third-order valence-corrected chi connectivity index (χ3v) is 8.70. The smallest absolute Gasteiger partial charge is 0.243 e. The highest BCUT2D eigenvalue weighted by atomic mass is 32.2. The van der Waals surface area contributed by atoms with E-state index in [4.69, 9.17) is 4.74 Å². The Kier molecular flexibility index (Phi) is 8.32. The molecule has 0 spiro atoms. The Hall–Kier alpha value is -2.22. The lowest BCUT2D eigenvalue weighted by molar-refractivity contribution is -0.119. The van der Waals surface area contributed by atoms with Crippen molar-refractivity contribution in [1.82, 2.24) is 9.21 Å². The number of likely N-dealkylation sites (N-methyl/N-ethyl adjacent to an activating group) is 1. The lowest BCUT2D eigenvalue weighted by Gasteiger charge is -2.20. The summed E-state index contributed by atoms with van der Waals surface area (Å²) in [7, 11) is 1.56. The van der Waals surface area contributed by atoms with Gasteiger partial charge in [-0.2, -0.15) is 0 Å². The summed E-state index contributed by atoms with van der Waals surface area (Å²) in [6.45, 7) is 5.84. The Morgan fingerprint density at radius 2 is 1.67 bits per heavy atom. The first-order valence-corrected chi connectivity index (χ1v) is 13.0. The Bertz CT molecular complexity index is 1090. The van der Waals surface area contributed by atoms with Gasteiger partial charge >= 0.3 is 0 Å². The monoisotopic (exact) mass is 472 g/mol. The number of ether oxygens (including phenoxy) is 1. The van der Waals surface area contributed by atoms with Crippen molar-refractivity contribution in [1.29, 1.82) is 0 Å². The quantitative estimate of drug-likeness (QED) is 0.558. The number of aryl methyl sites for hydroxylation is 3. The van der Waals surface area contributed by atoms with Crippen molar-refractivity contribution >= 4 is 15.8 Å². The van der Waals surface area contributed by atoms with Crippen LogP contribution in [-0.2, 0) is 34.1 Å². The van der Waals surface area contributed by atoms with Gasteiger partial charge in [0.1, 0.15) is 11.5 Å². The minimum Gasteiger partial charge on any atom is -0.497 e. The zero-order valence-electron chi connectivity index (χ0n) is 20.5. The van der Waals surface area contributed by atoms with Crippen molar-refractivity contribution in [2.24, 2.45) is 0 Å². The maximum Gasteiger partial charge on any atom is 0.243 e. The molecule has 0 unspecified atom stereocenters. The summed E-state index contributed by atoms with van der Waals surface area (Å²) in [4.78, 5) is 15.2. The van der Waals surface area contributed by atoms with E-state index in [-0.39, 0.29) is 23.6 Å². The fraction of sp³-hybridized carbons (Fsp3) is 0.500. The van der Waals surface area contributed by atoms with Crippen LogP contribution in [0.25, 0.3) is 0 Å². The zero-order valence-corrected chi connectivity index (χ0v) is 21.3. The molecule has 6 nitrogen and oxygen atoms in total. The second-order valence-electron chi connectivity index (χ2n) is 9.11. The van der Waals surface area contributed by atoms with Crippen LogP contribution in [0.1, 0.15) is 40.7 Å². The number of methoxy groups -OCH3 is 1. The van der Waals surface area contributed by atoms with Crippen molar-refractivity contribution in [3.8, 4) is 5.75 Å². The number of carbonyl (C=O) groups is 1. The zero-order chi connectivity index (χ0) is 24.2. The molecular weight excluding hydrogens is 436 g/mol. The lowest BCUT2D eigenvalue weighted by Crippen LogP contribution is -2.30. The van der Waals surface area contributed by atoms with Gasteiger partial charge in [-0.05, 0) is 80.1 Å². The fourth-order valence-electron chi connectivity index (χ4n) is 4.45. The highest BCUT2D eigenvalue weighted by molar-refractivity contribution is 7.89. The molecule has 0 fully saturated rings. The average Bonchev–Trinajstić information content (AvgIpc) is 2.96. The average molecular weight is 473 g/mol. The number of hydrogen-bond donors (Lipinski definition) is 0. The molecule has 2 aromatic carbocycles. The number of rotatable bonds is 9. The highest BCUT2D eigenvalue weighted by Crippen LogP contribution is 2.28. The fourth-order valence-corrected chi connectivity index (χ4v) is 6.02. The van der Waals surface area contributed by atoms with Gasteiger partial charge in [0.25, 0.3) is 0 Å². The van der Waals surface area contributed by atoms with Crippen LogP contribution < -0.4 is 4.74 Å². The van der Waals surface area contributed by atoms with Gasteiger partial charge in [0.05, 0.1) is 12.0 Å². The van der Waals surface area contributed by atoms with E-state index < -0.39 is 10.0 Å². The van der Waals surface area contributed by atoms with E-state index in [2.05, 4.69) is 30.1 Å². The van der Waals surface area contributed by atoms with Crippen LogP contribution in [0.4, 0.5) is 0 Å². The molecule has 180 valence electrons. The van der Waals surface area contributed by atoms with E-state index in [1.807, 2.05) is 0 Å². The van der Waals surface area contributed by atoms with E-state index in [1.165, 1.54) is 28.0 Å². The molecule has 1 aliphatic heterocycles. The number of carbonyl (C=O) groups excluding carboxylic acids is 1. The SMILES string of the molecule is COc1cc(C)c(S(=O)(=O)N(C)CCC(=O)CCc2ccc3c(c2)CCN(C)CC3)c(C)c1. The summed E-state index contributed by atoms with van der Waals surface area (Å²) in [5, 5.41) is 0. The minimum atomic E-state index is -3.68. The van der Waals surface area contributed by atoms with Gasteiger partial charge in [0, 0.05) is 39.5 Å². The third kappa shape index (κ3) is 6.22. The number of hydrogen-bond acceptors (Lipinski definition) is 5. The molecule has 0 bridgehead atoms. The third-order valence-electron chi connectivity index (χ3n) is 6.53. The van der Waals surface area contributed by atoms with Crippen LogP contribution in [-0.4, -0.2) is 64.2 Å². The molecule has 3 rings (SSSR count). The molecule has 0 radical (unpaired) electrons. The molecule has 1 aliphatic rings. The van der Waals surface area contributed by atoms with E-state index >= 15 is 0 Å². The summed E-state index contributed by atoms with van der Waals surface area (Å²) in [5.41, 5.74) is 5.25. The van der Waals surface area contributed by atoms with Gasteiger partial charge in [-0.25, -0.2) is 12.7 Å². The molecule has 0 amide bonds. The number of fused-ring (bicyclic) bond motifs is 1. The molecule has 7 heteroatoms. The molecular formula is C26H36N2O4S. The highest BCUT2D eigenvalue weighted by Gasteiger charge is 2.25. The Morgan fingerprint density at radius 3 is 2.30 bits per heavy atom. The van der Waals surface area contributed by atoms with Gasteiger partial charge in [0.2, 0.25) is 10.0 Å². The lowest BCUT2D eigenvalue weighted by atomic mass is 9.97. The van der Waals surface area contributed by atoms with E-state index in [1.54, 1.807) is 33.1 Å². The van der Waals surface area contributed by atoms with Crippen molar-refractivity contribution in [2.45, 2.75) is 50.8 Å². The summed E-state index contributed by atoms with van der Waals surface area (Å²) >= 11 is 0. The summed E-state index contributed by atoms with van der Waals surface area (Å²) in [5.74, 6) is 0.710. The van der Waals surface area contributed by atoms with Gasteiger partial charge in [-0.15, -0.1) is 0 Å². The largest absolute Gasteiger partial charge is 0.497 e. The number of sulfonamides is 1. The van der Waals surface area contributed by atoms with Crippen molar-refractivity contribution < 1.29 is 17.9 Å². The first-order valence-electron chi connectivity index (χ1n) is 11.5. The summed E-state index contributed by atoms with van der Waals surface area (Å²) in [6.07, 6.45) is 3.43. The Labute approximate surface area is 198 Å². The van der Waals surface area contributed by atoms with Crippen LogP contribution in [0.5, 0.6) is 5.75 Å². The summed E-state index contributed by atoms with van der Waals surface area (Å²) in [6, 6.07) is 10.0. The molecule has 0 aromatic heterocycles. The van der Waals surface area contributed by atoms with Crippen molar-refractivity contribution in [2.75, 3.05) is 40.8 Å². The van der Waals surface area contributed by atoms with Gasteiger partial charge < -0.3 is 9.64 Å². The molecule has 2 aromatic rings. The van der Waals surface area contributed by atoms with Crippen molar-refractivity contribution in [3.63, 3.8) is 0 Å². The van der Waals surface area contributed by atoms with Crippen LogP contribution in [0.15, 0.2) is 35.2 Å².